The van der Waals surface area contributed by atoms with Crippen LogP contribution in [-0.4, -0.2) is 40.5 Å². The number of nitrogens with one attached hydrogen (secondary N) is 1. The number of hydrogen-bond acceptors (Lipinski definition) is 5. The summed E-state index contributed by atoms with van der Waals surface area (Å²) in [4.78, 5) is 10.8. The van der Waals surface area contributed by atoms with Crippen LogP contribution >= 0.6 is 0 Å². The molecule has 4 N–H and O–H groups in total. The number of nitrogens with zero attached hydrogens (tertiary/aromatic N) is 1. The maximum Gasteiger partial charge on any atom is 0.337 e. The molecule has 0 fully saturated rings. The molecule has 1 unspecified atom stereocenters. The van der Waals surface area contributed by atoms with E-state index in [-0.39, 0.29) is 24.3 Å². The van der Waals surface area contributed by atoms with Crippen molar-refractivity contribution in [2.75, 3.05) is 18.5 Å². The smallest absolute Gasteiger partial charge is 0.337 e. The number of aliphatic hydroxyl groups excluding tert-OH is 2. The van der Waals surface area contributed by atoms with Gasteiger partial charge in [-0.05, 0) is 18.2 Å². The Kier molecular flexibility index (Phi) is 4.46. The molecule has 1 aromatic carbocycles. The lowest BCUT2D eigenvalue weighted by atomic mass is 10.1. The average Bonchev–Trinajstić information content (AvgIpc) is 2.35. The third-order valence-electron chi connectivity index (χ3n) is 2.12. The zero-order valence-electron chi connectivity index (χ0n) is 8.92. The van der Waals surface area contributed by atoms with Crippen LogP contribution in [0.5, 0.6) is 0 Å². The van der Waals surface area contributed by atoms with E-state index >= 15 is 0 Å². The third-order valence-corrected chi connectivity index (χ3v) is 2.12. The molecule has 0 heterocycles. The Hall–Kier alpha value is -2.10. The fourth-order valence-corrected chi connectivity index (χ4v) is 1.23. The number of aliphatic hydroxyl groups is 2. The minimum Gasteiger partial charge on any atom is -0.478 e. The molecule has 0 aromatic heterocycles. The molecule has 1 atom stereocenters. The molecule has 1 aromatic rings. The predicted molar refractivity (Wildman–Crippen MR) is 59.7 cm³/mol. The van der Waals surface area contributed by atoms with Crippen LogP contribution in [0.1, 0.15) is 15.9 Å². The summed E-state index contributed by atoms with van der Waals surface area (Å²) in [6.07, 6.45) is -0.903. The number of aromatic carboxylic acids is 1. The first-order chi connectivity index (χ1) is 8.08. The maximum absolute atomic E-state index is 10.8. The van der Waals surface area contributed by atoms with Crippen molar-refractivity contribution in [3.63, 3.8) is 0 Å². The van der Waals surface area contributed by atoms with Gasteiger partial charge in [0.15, 0.2) is 0 Å². The zero-order valence-corrected chi connectivity index (χ0v) is 8.92. The number of hydrogen-bond donors (Lipinski definition) is 4. The predicted octanol–water partition coefficient (Wildman–Crippen LogP) is 0.0216. The van der Waals surface area contributed by atoms with Crippen LogP contribution in [0.15, 0.2) is 18.2 Å². The Morgan fingerprint density at radius 2 is 2.24 bits per heavy atom. The first-order valence-electron chi connectivity index (χ1n) is 4.88. The second-order valence-corrected chi connectivity index (χ2v) is 3.39. The largest absolute Gasteiger partial charge is 0.478 e. The van der Waals surface area contributed by atoms with Gasteiger partial charge in [-0.25, -0.2) is 4.79 Å². The molecule has 0 aliphatic heterocycles. The van der Waals surface area contributed by atoms with E-state index in [1.807, 2.05) is 0 Å². The summed E-state index contributed by atoms with van der Waals surface area (Å²) in [7, 11) is 0. The van der Waals surface area contributed by atoms with Gasteiger partial charge in [-0.1, -0.05) is 0 Å². The Bertz CT molecular complexity index is 453. The van der Waals surface area contributed by atoms with E-state index in [9.17, 15) is 4.79 Å². The highest BCUT2D eigenvalue weighted by Gasteiger charge is 2.10. The molecule has 6 heteroatoms. The van der Waals surface area contributed by atoms with Gasteiger partial charge >= 0.3 is 5.97 Å². The summed E-state index contributed by atoms with van der Waals surface area (Å²) in [6.45, 7) is -0.251. The molecule has 17 heavy (non-hydrogen) atoms. The number of nitriles is 1. The van der Waals surface area contributed by atoms with Crippen molar-refractivity contribution in [1.29, 1.82) is 5.26 Å². The van der Waals surface area contributed by atoms with Gasteiger partial charge in [-0.3, -0.25) is 0 Å². The fraction of sp³-hybridized carbons (Fsp3) is 0.273. The SMILES string of the molecule is N#Cc1cc(NCC(O)CO)ccc1C(=O)O. The number of anilines is 1. The Morgan fingerprint density at radius 3 is 2.76 bits per heavy atom. The molecular formula is C11H12N2O4. The van der Waals surface area contributed by atoms with Crippen molar-refractivity contribution in [1.82, 2.24) is 0 Å². The molecule has 0 saturated carbocycles. The average molecular weight is 236 g/mol. The Labute approximate surface area is 97.7 Å². The second kappa shape index (κ2) is 5.84. The molecule has 0 saturated heterocycles. The lowest BCUT2D eigenvalue weighted by molar-refractivity contribution is 0.0696. The number of benzene rings is 1. The van der Waals surface area contributed by atoms with Crippen molar-refractivity contribution >= 4 is 11.7 Å². The lowest BCUT2D eigenvalue weighted by Crippen LogP contribution is -2.23. The van der Waals surface area contributed by atoms with Crippen molar-refractivity contribution < 1.29 is 20.1 Å². The number of carboxylic acid groups (broad SMARTS) is 1. The molecule has 90 valence electrons. The summed E-state index contributed by atoms with van der Waals surface area (Å²) < 4.78 is 0. The van der Waals surface area contributed by atoms with E-state index in [0.717, 1.165) is 0 Å². The molecule has 1 rings (SSSR count). The Balaban J connectivity index is 2.84. The van der Waals surface area contributed by atoms with Crippen LogP contribution in [0.2, 0.25) is 0 Å². The topological polar surface area (TPSA) is 114 Å². The van der Waals surface area contributed by atoms with Crippen LogP contribution < -0.4 is 5.32 Å². The molecular weight excluding hydrogens is 224 g/mol. The number of carboxylic acids is 1. The van der Waals surface area contributed by atoms with E-state index in [1.165, 1.54) is 18.2 Å². The quantitative estimate of drug-likeness (QED) is 0.573. The standard InChI is InChI=1S/C11H12N2O4/c12-4-7-3-8(13-5-9(15)6-14)1-2-10(7)11(16)17/h1-3,9,13-15H,5-6H2,(H,16,17). The molecule has 0 bridgehead atoms. The number of carbonyl (C=O) groups is 1. The van der Waals surface area contributed by atoms with Crippen molar-refractivity contribution in [2.45, 2.75) is 6.10 Å². The van der Waals surface area contributed by atoms with Crippen LogP contribution in [0.25, 0.3) is 0 Å². The second-order valence-electron chi connectivity index (χ2n) is 3.39. The van der Waals surface area contributed by atoms with Crippen molar-refractivity contribution in [2.24, 2.45) is 0 Å². The maximum atomic E-state index is 10.8. The van der Waals surface area contributed by atoms with E-state index in [4.69, 9.17) is 20.6 Å². The minimum atomic E-state index is -1.16. The third kappa shape index (κ3) is 3.45. The van der Waals surface area contributed by atoms with Crippen molar-refractivity contribution in [3.8, 4) is 6.07 Å². The zero-order chi connectivity index (χ0) is 12.8. The summed E-state index contributed by atoms with van der Waals surface area (Å²) in [5.74, 6) is -1.16. The van der Waals surface area contributed by atoms with E-state index in [2.05, 4.69) is 5.32 Å². The highest BCUT2D eigenvalue weighted by atomic mass is 16.4. The van der Waals surface area contributed by atoms with E-state index in [1.54, 1.807) is 6.07 Å². The highest BCUT2D eigenvalue weighted by molar-refractivity contribution is 5.91. The molecule has 0 amide bonds. The molecule has 6 nitrogen and oxygen atoms in total. The van der Waals surface area contributed by atoms with Crippen LogP contribution in [0, 0.1) is 11.3 Å². The van der Waals surface area contributed by atoms with Crippen LogP contribution in [0.4, 0.5) is 5.69 Å². The Morgan fingerprint density at radius 1 is 1.53 bits per heavy atom. The van der Waals surface area contributed by atoms with Gasteiger partial charge < -0.3 is 20.6 Å². The first kappa shape index (κ1) is 13.0. The monoisotopic (exact) mass is 236 g/mol. The van der Waals surface area contributed by atoms with Crippen LogP contribution in [0.3, 0.4) is 0 Å². The van der Waals surface area contributed by atoms with Gasteiger partial charge in [-0.15, -0.1) is 0 Å². The normalized spacial score (nSPS) is 11.6. The van der Waals surface area contributed by atoms with Gasteiger partial charge in [-0.2, -0.15) is 5.26 Å². The summed E-state index contributed by atoms with van der Waals surface area (Å²) in [5, 5.41) is 38.1. The molecule has 0 aliphatic rings. The summed E-state index contributed by atoms with van der Waals surface area (Å²) >= 11 is 0. The minimum absolute atomic E-state index is 0.0426. The van der Waals surface area contributed by atoms with Gasteiger partial charge in [0.1, 0.15) is 6.07 Å². The summed E-state index contributed by atoms with van der Waals surface area (Å²) in [6, 6.07) is 5.98. The number of rotatable bonds is 5. The molecule has 0 radical (unpaired) electrons. The lowest BCUT2D eigenvalue weighted by Gasteiger charge is -2.10. The molecule has 0 spiro atoms. The van der Waals surface area contributed by atoms with E-state index in [0.29, 0.717) is 5.69 Å². The van der Waals surface area contributed by atoms with Gasteiger partial charge in [0.25, 0.3) is 0 Å². The summed E-state index contributed by atoms with van der Waals surface area (Å²) in [5.41, 5.74) is 0.487. The molecule has 0 aliphatic carbocycles. The highest BCUT2D eigenvalue weighted by Crippen LogP contribution is 2.15. The van der Waals surface area contributed by atoms with Crippen molar-refractivity contribution in [3.05, 3.63) is 29.3 Å². The van der Waals surface area contributed by atoms with Gasteiger partial charge in [0.2, 0.25) is 0 Å². The van der Waals surface area contributed by atoms with Crippen LogP contribution in [-0.2, 0) is 0 Å². The first-order valence-corrected chi connectivity index (χ1v) is 4.88. The van der Waals surface area contributed by atoms with Gasteiger partial charge in [0.05, 0.1) is 23.8 Å². The fourth-order valence-electron chi connectivity index (χ4n) is 1.23. The van der Waals surface area contributed by atoms with Gasteiger partial charge in [0, 0.05) is 12.2 Å². The van der Waals surface area contributed by atoms with E-state index < -0.39 is 12.1 Å².